The molecule has 2 heterocycles. The lowest BCUT2D eigenvalue weighted by atomic mass is 10.3. The molecular weight excluding hydrogens is 298 g/mol. The van der Waals surface area contributed by atoms with Crippen molar-refractivity contribution in [1.29, 1.82) is 0 Å². The molecule has 2 aromatic rings. The highest BCUT2D eigenvalue weighted by Gasteiger charge is 2.09. The molecular formula is C9H6BrNO2S2. The highest BCUT2D eigenvalue weighted by Crippen LogP contribution is 2.31. The second-order valence-corrected chi connectivity index (χ2v) is 5.53. The largest absolute Gasteiger partial charge is 0.481 e. The van der Waals surface area contributed by atoms with Crippen LogP contribution < -0.4 is 0 Å². The molecule has 0 bridgehead atoms. The molecule has 0 aromatic carbocycles. The molecule has 1 N–H and O–H groups in total. The van der Waals surface area contributed by atoms with Crippen molar-refractivity contribution in [2.45, 2.75) is 6.42 Å². The predicted molar refractivity (Wildman–Crippen MR) is 64.5 cm³/mol. The molecule has 3 nitrogen and oxygen atoms in total. The van der Waals surface area contributed by atoms with Crippen LogP contribution in [0.15, 0.2) is 21.3 Å². The van der Waals surface area contributed by atoms with E-state index >= 15 is 0 Å². The maximum atomic E-state index is 10.5. The molecule has 0 aliphatic carbocycles. The van der Waals surface area contributed by atoms with Gasteiger partial charge in [0.05, 0.1) is 17.0 Å². The van der Waals surface area contributed by atoms with Crippen molar-refractivity contribution < 1.29 is 9.90 Å². The maximum absolute atomic E-state index is 10.5. The summed E-state index contributed by atoms with van der Waals surface area (Å²) < 4.78 is 1.03. The predicted octanol–water partition coefficient (Wildman–Crippen LogP) is 3.26. The fourth-order valence-electron chi connectivity index (χ4n) is 1.08. The van der Waals surface area contributed by atoms with Crippen molar-refractivity contribution in [1.82, 2.24) is 4.98 Å². The zero-order chi connectivity index (χ0) is 10.8. The molecule has 0 atom stereocenters. The molecule has 0 radical (unpaired) electrons. The van der Waals surface area contributed by atoms with E-state index in [0.717, 1.165) is 14.4 Å². The molecule has 2 aromatic heterocycles. The summed E-state index contributed by atoms with van der Waals surface area (Å²) in [4.78, 5) is 15.8. The van der Waals surface area contributed by atoms with Gasteiger partial charge >= 0.3 is 5.97 Å². The molecule has 0 saturated carbocycles. The molecule has 0 amide bonds. The Labute approximate surface area is 103 Å². The number of carbonyl (C=O) groups is 1. The summed E-state index contributed by atoms with van der Waals surface area (Å²) >= 11 is 6.43. The average molecular weight is 304 g/mol. The molecule has 0 aliphatic heterocycles. The van der Waals surface area contributed by atoms with Crippen molar-refractivity contribution in [3.8, 4) is 9.88 Å². The first-order chi connectivity index (χ1) is 7.15. The minimum atomic E-state index is -0.848. The van der Waals surface area contributed by atoms with Gasteiger partial charge in [0.1, 0.15) is 5.01 Å². The number of aliphatic carboxylic acids is 1. The standard InChI is InChI=1S/C9H6BrNO2S2/c10-5-1-7(14-3-5)9-11-6(4-15-9)2-8(12)13/h1,3-4H,2H2,(H,12,13). The number of thiophene rings is 1. The average Bonchev–Trinajstić information content (AvgIpc) is 2.72. The summed E-state index contributed by atoms with van der Waals surface area (Å²) in [7, 11) is 0. The van der Waals surface area contributed by atoms with E-state index in [-0.39, 0.29) is 6.42 Å². The highest BCUT2D eigenvalue weighted by atomic mass is 79.9. The first kappa shape index (κ1) is 10.8. The minimum Gasteiger partial charge on any atom is -0.481 e. The second-order valence-electron chi connectivity index (χ2n) is 2.84. The molecule has 6 heteroatoms. The van der Waals surface area contributed by atoms with Gasteiger partial charge in [-0.1, -0.05) is 0 Å². The number of thiazole rings is 1. The normalized spacial score (nSPS) is 10.5. The Morgan fingerprint density at radius 1 is 1.47 bits per heavy atom. The van der Waals surface area contributed by atoms with Crippen LogP contribution >= 0.6 is 38.6 Å². The van der Waals surface area contributed by atoms with Crippen LogP contribution in [0.5, 0.6) is 0 Å². The third-order valence-corrected chi connectivity index (χ3v) is 4.41. The van der Waals surface area contributed by atoms with Crippen LogP contribution in [-0.4, -0.2) is 16.1 Å². The lowest BCUT2D eigenvalue weighted by Gasteiger charge is -1.88. The Hall–Kier alpha value is -0.720. The number of halogens is 1. The third-order valence-electron chi connectivity index (χ3n) is 1.66. The summed E-state index contributed by atoms with van der Waals surface area (Å²) in [6.07, 6.45) is -0.0109. The molecule has 2 rings (SSSR count). The quantitative estimate of drug-likeness (QED) is 0.947. The van der Waals surface area contributed by atoms with E-state index in [0.29, 0.717) is 5.69 Å². The van der Waals surface area contributed by atoms with Crippen LogP contribution in [0.25, 0.3) is 9.88 Å². The van der Waals surface area contributed by atoms with Crippen LogP contribution in [0, 0.1) is 0 Å². The fraction of sp³-hybridized carbons (Fsp3) is 0.111. The van der Waals surface area contributed by atoms with Crippen LogP contribution in [0.2, 0.25) is 0 Å². The summed E-state index contributed by atoms with van der Waals surface area (Å²) in [5, 5.41) is 13.3. The van der Waals surface area contributed by atoms with Gasteiger partial charge in [-0.05, 0) is 22.0 Å². The number of carboxylic acids is 1. The van der Waals surface area contributed by atoms with E-state index < -0.39 is 5.97 Å². The third kappa shape index (κ3) is 2.64. The van der Waals surface area contributed by atoms with E-state index in [2.05, 4.69) is 20.9 Å². The van der Waals surface area contributed by atoms with Crippen LogP contribution in [-0.2, 0) is 11.2 Å². The van der Waals surface area contributed by atoms with Crippen molar-refractivity contribution in [2.75, 3.05) is 0 Å². The van der Waals surface area contributed by atoms with Gasteiger partial charge in [0.25, 0.3) is 0 Å². The minimum absolute atomic E-state index is 0.0109. The van der Waals surface area contributed by atoms with Crippen LogP contribution in [0.3, 0.4) is 0 Å². The van der Waals surface area contributed by atoms with E-state index in [1.54, 1.807) is 16.7 Å². The monoisotopic (exact) mass is 303 g/mol. The molecule has 0 saturated heterocycles. The SMILES string of the molecule is O=C(O)Cc1csc(-c2cc(Br)cs2)n1. The highest BCUT2D eigenvalue weighted by molar-refractivity contribution is 9.10. The van der Waals surface area contributed by atoms with Gasteiger partial charge in [-0.25, -0.2) is 4.98 Å². The number of hydrogen-bond acceptors (Lipinski definition) is 4. The summed E-state index contributed by atoms with van der Waals surface area (Å²) in [6, 6.07) is 1.98. The summed E-state index contributed by atoms with van der Waals surface area (Å²) in [6.45, 7) is 0. The van der Waals surface area contributed by atoms with Crippen molar-refractivity contribution in [3.05, 3.63) is 27.0 Å². The van der Waals surface area contributed by atoms with E-state index in [4.69, 9.17) is 5.11 Å². The van der Waals surface area contributed by atoms with Gasteiger partial charge in [-0.2, -0.15) is 0 Å². The molecule has 15 heavy (non-hydrogen) atoms. The van der Waals surface area contributed by atoms with E-state index in [1.807, 2.05) is 11.4 Å². The van der Waals surface area contributed by atoms with Gasteiger partial charge in [0, 0.05) is 15.2 Å². The lowest BCUT2D eigenvalue weighted by Crippen LogP contribution is -1.99. The Bertz CT molecular complexity index is 492. The summed E-state index contributed by atoms with van der Waals surface area (Å²) in [5.41, 5.74) is 0.618. The Morgan fingerprint density at radius 2 is 2.27 bits per heavy atom. The van der Waals surface area contributed by atoms with Gasteiger partial charge in [0.2, 0.25) is 0 Å². The van der Waals surface area contributed by atoms with Crippen molar-refractivity contribution in [2.24, 2.45) is 0 Å². The molecule has 0 spiro atoms. The number of hydrogen-bond donors (Lipinski definition) is 1. The summed E-state index contributed by atoms with van der Waals surface area (Å²) in [5.74, 6) is -0.848. The van der Waals surface area contributed by atoms with Crippen LogP contribution in [0.1, 0.15) is 5.69 Å². The number of nitrogens with zero attached hydrogens (tertiary/aromatic N) is 1. The topological polar surface area (TPSA) is 50.2 Å². The first-order valence-corrected chi connectivity index (χ1v) is 6.61. The van der Waals surface area contributed by atoms with Crippen molar-refractivity contribution >= 4 is 44.6 Å². The van der Waals surface area contributed by atoms with Gasteiger partial charge < -0.3 is 5.11 Å². The Balaban J connectivity index is 2.23. The van der Waals surface area contributed by atoms with Crippen molar-refractivity contribution in [3.63, 3.8) is 0 Å². The molecule has 0 unspecified atom stereocenters. The smallest absolute Gasteiger partial charge is 0.309 e. The molecule has 78 valence electrons. The van der Waals surface area contributed by atoms with Gasteiger partial charge in [-0.15, -0.1) is 22.7 Å². The van der Waals surface area contributed by atoms with Gasteiger partial charge in [-0.3, -0.25) is 4.79 Å². The zero-order valence-electron chi connectivity index (χ0n) is 7.44. The molecule has 0 fully saturated rings. The Morgan fingerprint density at radius 3 is 2.87 bits per heavy atom. The maximum Gasteiger partial charge on any atom is 0.309 e. The van der Waals surface area contributed by atoms with E-state index in [9.17, 15) is 4.79 Å². The Kier molecular flexibility index (Phi) is 3.18. The lowest BCUT2D eigenvalue weighted by molar-refractivity contribution is -0.136. The first-order valence-electron chi connectivity index (χ1n) is 4.06. The number of rotatable bonds is 3. The zero-order valence-corrected chi connectivity index (χ0v) is 10.7. The van der Waals surface area contributed by atoms with Gasteiger partial charge in [0.15, 0.2) is 0 Å². The molecule has 0 aliphatic rings. The fourth-order valence-corrected chi connectivity index (χ4v) is 3.41. The van der Waals surface area contributed by atoms with E-state index in [1.165, 1.54) is 11.3 Å². The number of aromatic nitrogens is 1. The number of carboxylic acid groups (broad SMARTS) is 1. The second kappa shape index (κ2) is 4.42. The van der Waals surface area contributed by atoms with Crippen LogP contribution in [0.4, 0.5) is 0 Å².